The number of rotatable bonds is 3. The van der Waals surface area contributed by atoms with E-state index in [0.29, 0.717) is 12.2 Å². The first-order valence-corrected chi connectivity index (χ1v) is 5.83. The van der Waals surface area contributed by atoms with Crippen LogP contribution < -0.4 is 4.90 Å². The number of benzene rings is 1. The molecule has 0 aliphatic rings. The van der Waals surface area contributed by atoms with E-state index in [-0.39, 0.29) is 5.91 Å². The Morgan fingerprint density at radius 3 is 2.50 bits per heavy atom. The van der Waals surface area contributed by atoms with Gasteiger partial charge in [-0.2, -0.15) is 0 Å². The number of hydrogen-bond acceptors (Lipinski definition) is 3. The fourth-order valence-electron chi connectivity index (χ4n) is 1.82. The minimum atomic E-state index is 0.0237. The minimum Gasteiger partial charge on any atom is -0.361 e. The van der Waals surface area contributed by atoms with Crippen molar-refractivity contribution in [1.82, 2.24) is 5.16 Å². The van der Waals surface area contributed by atoms with Crippen LogP contribution in [-0.2, 0) is 11.2 Å². The molecule has 0 atom stereocenters. The molecule has 1 aromatic heterocycles. The van der Waals surface area contributed by atoms with Gasteiger partial charge >= 0.3 is 0 Å². The topological polar surface area (TPSA) is 46.3 Å². The average Bonchev–Trinajstić information content (AvgIpc) is 2.70. The van der Waals surface area contributed by atoms with Gasteiger partial charge in [-0.15, -0.1) is 0 Å². The Morgan fingerprint density at radius 2 is 1.94 bits per heavy atom. The third-order valence-corrected chi connectivity index (χ3v) is 3.03. The zero-order chi connectivity index (χ0) is 13.1. The van der Waals surface area contributed by atoms with Crippen molar-refractivity contribution in [3.05, 3.63) is 47.3 Å². The lowest BCUT2D eigenvalue weighted by Gasteiger charge is -2.17. The van der Waals surface area contributed by atoms with Gasteiger partial charge in [0.1, 0.15) is 5.76 Å². The molecule has 4 nitrogen and oxygen atoms in total. The summed E-state index contributed by atoms with van der Waals surface area (Å²) in [5, 5.41) is 3.86. The Bertz CT molecular complexity index is 527. The Labute approximate surface area is 106 Å². The molecular weight excluding hydrogens is 228 g/mol. The van der Waals surface area contributed by atoms with Crippen molar-refractivity contribution < 1.29 is 9.32 Å². The van der Waals surface area contributed by atoms with Crippen molar-refractivity contribution in [1.29, 1.82) is 0 Å². The van der Waals surface area contributed by atoms with Gasteiger partial charge in [0.2, 0.25) is 5.91 Å². The van der Waals surface area contributed by atoms with Crippen LogP contribution in [0.25, 0.3) is 0 Å². The Balaban J connectivity index is 2.14. The molecular formula is C14H16N2O2. The normalized spacial score (nSPS) is 10.4. The first kappa shape index (κ1) is 12.4. The predicted octanol–water partition coefficient (Wildman–Crippen LogP) is 2.50. The zero-order valence-electron chi connectivity index (χ0n) is 10.8. The molecule has 2 rings (SSSR count). The molecule has 0 saturated carbocycles. The summed E-state index contributed by atoms with van der Waals surface area (Å²) in [5.41, 5.74) is 2.54. The zero-order valence-corrected chi connectivity index (χ0v) is 10.8. The number of carbonyl (C=O) groups excluding carboxylic acids is 1. The SMILES string of the molecule is Cc1noc(C)c1CC(=O)N(C)c1ccccc1. The quantitative estimate of drug-likeness (QED) is 0.833. The average molecular weight is 244 g/mol. The maximum atomic E-state index is 12.2. The van der Waals surface area contributed by atoms with E-state index in [2.05, 4.69) is 5.16 Å². The first-order valence-electron chi connectivity index (χ1n) is 5.83. The Kier molecular flexibility index (Phi) is 3.46. The third-order valence-electron chi connectivity index (χ3n) is 3.03. The van der Waals surface area contributed by atoms with Crippen LogP contribution in [0.15, 0.2) is 34.9 Å². The van der Waals surface area contributed by atoms with Crippen molar-refractivity contribution in [3.63, 3.8) is 0 Å². The molecule has 0 bridgehead atoms. The maximum absolute atomic E-state index is 12.2. The minimum absolute atomic E-state index is 0.0237. The summed E-state index contributed by atoms with van der Waals surface area (Å²) < 4.78 is 5.06. The van der Waals surface area contributed by atoms with Crippen molar-refractivity contribution in [3.8, 4) is 0 Å². The second kappa shape index (κ2) is 5.04. The molecule has 1 amide bonds. The van der Waals surface area contributed by atoms with Crippen molar-refractivity contribution in [2.45, 2.75) is 20.3 Å². The molecule has 1 heterocycles. The Hall–Kier alpha value is -2.10. The molecule has 0 aliphatic heterocycles. The van der Waals surface area contributed by atoms with Crippen LogP contribution in [0.4, 0.5) is 5.69 Å². The fraction of sp³-hybridized carbons (Fsp3) is 0.286. The molecule has 0 spiro atoms. The second-order valence-electron chi connectivity index (χ2n) is 4.27. The van der Waals surface area contributed by atoms with E-state index in [1.807, 2.05) is 44.2 Å². The van der Waals surface area contributed by atoms with Gasteiger partial charge < -0.3 is 9.42 Å². The highest BCUT2D eigenvalue weighted by molar-refractivity contribution is 5.94. The lowest BCUT2D eigenvalue weighted by atomic mass is 10.1. The summed E-state index contributed by atoms with van der Waals surface area (Å²) >= 11 is 0. The number of anilines is 1. The summed E-state index contributed by atoms with van der Waals surface area (Å²) in [4.78, 5) is 13.8. The van der Waals surface area contributed by atoms with Gasteiger partial charge in [-0.05, 0) is 26.0 Å². The lowest BCUT2D eigenvalue weighted by Crippen LogP contribution is -2.28. The summed E-state index contributed by atoms with van der Waals surface area (Å²) in [6.45, 7) is 3.67. The van der Waals surface area contributed by atoms with Crippen molar-refractivity contribution >= 4 is 11.6 Å². The van der Waals surface area contributed by atoms with Gasteiger partial charge in [0.25, 0.3) is 0 Å². The number of carbonyl (C=O) groups is 1. The standard InChI is InChI=1S/C14H16N2O2/c1-10-13(11(2)18-15-10)9-14(17)16(3)12-7-5-4-6-8-12/h4-8H,9H2,1-3H3. The molecule has 0 unspecified atom stereocenters. The van der Waals surface area contributed by atoms with E-state index in [0.717, 1.165) is 16.9 Å². The van der Waals surface area contributed by atoms with Crippen LogP contribution in [-0.4, -0.2) is 18.1 Å². The summed E-state index contributed by atoms with van der Waals surface area (Å²) in [6, 6.07) is 9.57. The van der Waals surface area contributed by atoms with Crippen LogP contribution in [0, 0.1) is 13.8 Å². The predicted molar refractivity (Wildman–Crippen MR) is 69.5 cm³/mol. The summed E-state index contributed by atoms with van der Waals surface area (Å²) in [6.07, 6.45) is 0.312. The van der Waals surface area contributed by atoms with Crippen molar-refractivity contribution in [2.75, 3.05) is 11.9 Å². The number of likely N-dealkylation sites (N-methyl/N-ethyl adjacent to an activating group) is 1. The van der Waals surface area contributed by atoms with Gasteiger partial charge in [-0.1, -0.05) is 23.4 Å². The largest absolute Gasteiger partial charge is 0.361 e. The number of aryl methyl sites for hydroxylation is 2. The molecule has 0 saturated heterocycles. The van der Waals surface area contributed by atoms with E-state index in [1.54, 1.807) is 11.9 Å². The van der Waals surface area contributed by atoms with Gasteiger partial charge in [0, 0.05) is 18.3 Å². The van der Waals surface area contributed by atoms with Gasteiger partial charge in [0.15, 0.2) is 0 Å². The van der Waals surface area contributed by atoms with Crippen molar-refractivity contribution in [2.24, 2.45) is 0 Å². The molecule has 0 fully saturated rings. The smallest absolute Gasteiger partial charge is 0.231 e. The summed E-state index contributed by atoms with van der Waals surface area (Å²) in [5.74, 6) is 0.734. The van der Waals surface area contributed by atoms with Crippen LogP contribution in [0.2, 0.25) is 0 Å². The van der Waals surface area contributed by atoms with Crippen LogP contribution in [0.5, 0.6) is 0 Å². The molecule has 18 heavy (non-hydrogen) atoms. The molecule has 0 aliphatic carbocycles. The molecule has 1 aromatic carbocycles. The first-order chi connectivity index (χ1) is 8.59. The molecule has 0 radical (unpaired) electrons. The van der Waals surface area contributed by atoms with E-state index < -0.39 is 0 Å². The maximum Gasteiger partial charge on any atom is 0.231 e. The molecule has 2 aromatic rings. The summed E-state index contributed by atoms with van der Waals surface area (Å²) in [7, 11) is 1.77. The third kappa shape index (κ3) is 2.42. The molecule has 0 N–H and O–H groups in total. The highest BCUT2D eigenvalue weighted by atomic mass is 16.5. The molecule has 94 valence electrons. The number of aromatic nitrogens is 1. The van der Waals surface area contributed by atoms with Crippen LogP contribution in [0.1, 0.15) is 17.0 Å². The van der Waals surface area contributed by atoms with Gasteiger partial charge in [0.05, 0.1) is 12.1 Å². The second-order valence-corrected chi connectivity index (χ2v) is 4.27. The number of para-hydroxylation sites is 1. The van der Waals surface area contributed by atoms with Crippen LogP contribution in [0.3, 0.4) is 0 Å². The van der Waals surface area contributed by atoms with Gasteiger partial charge in [-0.25, -0.2) is 0 Å². The van der Waals surface area contributed by atoms with Crippen LogP contribution >= 0.6 is 0 Å². The van der Waals surface area contributed by atoms with E-state index in [4.69, 9.17) is 4.52 Å². The number of hydrogen-bond donors (Lipinski definition) is 0. The van der Waals surface area contributed by atoms with E-state index in [1.165, 1.54) is 0 Å². The van der Waals surface area contributed by atoms with E-state index >= 15 is 0 Å². The lowest BCUT2D eigenvalue weighted by molar-refractivity contribution is -0.117. The van der Waals surface area contributed by atoms with Gasteiger partial charge in [-0.3, -0.25) is 4.79 Å². The highest BCUT2D eigenvalue weighted by Crippen LogP contribution is 2.17. The molecule has 4 heteroatoms. The monoisotopic (exact) mass is 244 g/mol. The Morgan fingerprint density at radius 1 is 1.28 bits per heavy atom. The highest BCUT2D eigenvalue weighted by Gasteiger charge is 2.17. The van der Waals surface area contributed by atoms with E-state index in [9.17, 15) is 4.79 Å². The number of nitrogens with zero attached hydrogens (tertiary/aromatic N) is 2. The number of amides is 1. The fourth-order valence-corrected chi connectivity index (χ4v) is 1.82.